The molecule has 0 saturated heterocycles. The minimum Gasteiger partial charge on any atom is -0.454 e. The standard InChI is InChI=1S/C20H28N2O5/c1-5-11-22(13-18(23)21-17-10-8-7-9-15(17)3)19(24)14-27-20(25)16(4)26-12-6-2/h6-10,16H,2,5,11-14H2,1,3-4H3,(H,21,23). The van der Waals surface area contributed by atoms with Crippen molar-refractivity contribution in [2.45, 2.75) is 33.3 Å². The van der Waals surface area contributed by atoms with Crippen LogP contribution < -0.4 is 5.32 Å². The van der Waals surface area contributed by atoms with Crippen molar-refractivity contribution < 1.29 is 23.9 Å². The third-order valence-electron chi connectivity index (χ3n) is 3.73. The molecule has 2 amide bonds. The van der Waals surface area contributed by atoms with Crippen molar-refractivity contribution in [1.82, 2.24) is 4.90 Å². The number of nitrogens with one attached hydrogen (secondary N) is 1. The molecule has 1 N–H and O–H groups in total. The molecule has 1 rings (SSSR count). The lowest BCUT2D eigenvalue weighted by atomic mass is 10.2. The average Bonchev–Trinajstić information content (AvgIpc) is 2.65. The van der Waals surface area contributed by atoms with E-state index < -0.39 is 24.6 Å². The normalized spacial score (nSPS) is 11.4. The van der Waals surface area contributed by atoms with Gasteiger partial charge in [-0.05, 0) is 31.9 Å². The second kappa shape index (κ2) is 11.9. The number of esters is 1. The predicted octanol–water partition coefficient (Wildman–Crippen LogP) is 2.31. The van der Waals surface area contributed by atoms with Crippen LogP contribution >= 0.6 is 0 Å². The smallest absolute Gasteiger partial charge is 0.335 e. The molecule has 0 aliphatic rings. The summed E-state index contributed by atoms with van der Waals surface area (Å²) in [6.45, 7) is 8.88. The summed E-state index contributed by atoms with van der Waals surface area (Å²) in [5, 5.41) is 2.79. The number of para-hydroxylation sites is 1. The number of hydrogen-bond acceptors (Lipinski definition) is 5. The maximum absolute atomic E-state index is 12.3. The van der Waals surface area contributed by atoms with Crippen LogP contribution in [0.4, 0.5) is 5.69 Å². The van der Waals surface area contributed by atoms with E-state index in [1.165, 1.54) is 17.9 Å². The Bertz CT molecular complexity index is 660. The molecule has 0 aromatic heterocycles. The maximum atomic E-state index is 12.3. The summed E-state index contributed by atoms with van der Waals surface area (Å²) in [6, 6.07) is 7.39. The van der Waals surface area contributed by atoms with E-state index in [-0.39, 0.29) is 19.1 Å². The van der Waals surface area contributed by atoms with E-state index in [1.807, 2.05) is 32.0 Å². The molecule has 0 saturated carbocycles. The summed E-state index contributed by atoms with van der Waals surface area (Å²) in [7, 11) is 0. The van der Waals surface area contributed by atoms with Gasteiger partial charge in [0.2, 0.25) is 5.91 Å². The zero-order valence-corrected chi connectivity index (χ0v) is 16.2. The molecular formula is C20H28N2O5. The van der Waals surface area contributed by atoms with E-state index in [9.17, 15) is 14.4 Å². The molecule has 0 aliphatic heterocycles. The molecule has 0 radical (unpaired) electrons. The van der Waals surface area contributed by atoms with Crippen molar-refractivity contribution in [3.8, 4) is 0 Å². The molecule has 7 nitrogen and oxygen atoms in total. The molecule has 0 bridgehead atoms. The van der Waals surface area contributed by atoms with Gasteiger partial charge in [-0.25, -0.2) is 4.79 Å². The number of hydrogen-bond donors (Lipinski definition) is 1. The summed E-state index contributed by atoms with van der Waals surface area (Å²) < 4.78 is 10.1. The highest BCUT2D eigenvalue weighted by Crippen LogP contribution is 2.13. The predicted molar refractivity (Wildman–Crippen MR) is 103 cm³/mol. The van der Waals surface area contributed by atoms with E-state index in [0.717, 1.165) is 5.56 Å². The van der Waals surface area contributed by atoms with Gasteiger partial charge >= 0.3 is 5.97 Å². The van der Waals surface area contributed by atoms with Crippen molar-refractivity contribution in [2.75, 3.05) is 31.6 Å². The van der Waals surface area contributed by atoms with Gasteiger partial charge in [0.05, 0.1) is 13.2 Å². The van der Waals surface area contributed by atoms with Crippen molar-refractivity contribution in [1.29, 1.82) is 0 Å². The van der Waals surface area contributed by atoms with Crippen LogP contribution in [-0.4, -0.2) is 55.1 Å². The zero-order chi connectivity index (χ0) is 20.2. The number of amides is 2. The van der Waals surface area contributed by atoms with Gasteiger partial charge in [0, 0.05) is 12.2 Å². The highest BCUT2D eigenvalue weighted by molar-refractivity contribution is 5.95. The third kappa shape index (κ3) is 8.04. The molecule has 1 unspecified atom stereocenters. The Morgan fingerprint density at radius 3 is 2.63 bits per heavy atom. The van der Waals surface area contributed by atoms with Crippen molar-refractivity contribution in [2.24, 2.45) is 0 Å². The topological polar surface area (TPSA) is 84.9 Å². The molecule has 0 spiro atoms. The van der Waals surface area contributed by atoms with E-state index in [1.54, 1.807) is 6.07 Å². The van der Waals surface area contributed by atoms with E-state index in [4.69, 9.17) is 9.47 Å². The number of ether oxygens (including phenoxy) is 2. The molecule has 1 aromatic carbocycles. The number of anilines is 1. The highest BCUT2D eigenvalue weighted by Gasteiger charge is 2.21. The van der Waals surface area contributed by atoms with Crippen LogP contribution in [0.25, 0.3) is 0 Å². The fourth-order valence-electron chi connectivity index (χ4n) is 2.26. The number of aryl methyl sites for hydroxylation is 1. The first-order chi connectivity index (χ1) is 12.9. The van der Waals surface area contributed by atoms with Gasteiger partial charge in [0.15, 0.2) is 12.7 Å². The Labute approximate surface area is 160 Å². The van der Waals surface area contributed by atoms with Crippen LogP contribution in [0.3, 0.4) is 0 Å². The van der Waals surface area contributed by atoms with Gasteiger partial charge in [-0.3, -0.25) is 9.59 Å². The van der Waals surface area contributed by atoms with Crippen LogP contribution in [0.2, 0.25) is 0 Å². The largest absolute Gasteiger partial charge is 0.454 e. The summed E-state index contributed by atoms with van der Waals surface area (Å²) >= 11 is 0. The lowest BCUT2D eigenvalue weighted by Gasteiger charge is -2.22. The summed E-state index contributed by atoms with van der Waals surface area (Å²) in [4.78, 5) is 37.8. The Kier molecular flexibility index (Phi) is 9.82. The van der Waals surface area contributed by atoms with E-state index >= 15 is 0 Å². The monoisotopic (exact) mass is 376 g/mol. The van der Waals surface area contributed by atoms with Gasteiger partial charge < -0.3 is 19.7 Å². The van der Waals surface area contributed by atoms with Crippen molar-refractivity contribution in [3.63, 3.8) is 0 Å². The second-order valence-electron chi connectivity index (χ2n) is 6.05. The maximum Gasteiger partial charge on any atom is 0.335 e. The molecule has 7 heteroatoms. The number of carbonyl (C=O) groups excluding carboxylic acids is 3. The molecule has 27 heavy (non-hydrogen) atoms. The Morgan fingerprint density at radius 2 is 2.00 bits per heavy atom. The van der Waals surface area contributed by atoms with Crippen LogP contribution in [-0.2, 0) is 23.9 Å². The fourth-order valence-corrected chi connectivity index (χ4v) is 2.26. The van der Waals surface area contributed by atoms with Gasteiger partial charge in [-0.1, -0.05) is 31.2 Å². The van der Waals surface area contributed by atoms with Crippen LogP contribution in [0.1, 0.15) is 25.8 Å². The summed E-state index contributed by atoms with van der Waals surface area (Å²) in [5.41, 5.74) is 1.63. The number of carbonyl (C=O) groups is 3. The molecule has 148 valence electrons. The summed E-state index contributed by atoms with van der Waals surface area (Å²) in [6.07, 6.45) is 1.40. The molecular weight excluding hydrogens is 348 g/mol. The van der Waals surface area contributed by atoms with Crippen LogP contribution in [0.15, 0.2) is 36.9 Å². The van der Waals surface area contributed by atoms with Gasteiger partial charge in [-0.2, -0.15) is 0 Å². The number of rotatable bonds is 11. The highest BCUT2D eigenvalue weighted by atomic mass is 16.6. The van der Waals surface area contributed by atoms with E-state index in [0.29, 0.717) is 18.7 Å². The molecule has 0 fully saturated rings. The first-order valence-corrected chi connectivity index (χ1v) is 8.91. The minimum atomic E-state index is -0.792. The zero-order valence-electron chi connectivity index (χ0n) is 16.2. The Morgan fingerprint density at radius 1 is 1.30 bits per heavy atom. The quantitative estimate of drug-likeness (QED) is 0.473. The summed E-state index contributed by atoms with van der Waals surface area (Å²) in [5.74, 6) is -1.37. The Hall–Kier alpha value is -2.67. The molecule has 0 heterocycles. The molecule has 1 atom stereocenters. The lowest BCUT2D eigenvalue weighted by Crippen LogP contribution is -2.41. The first kappa shape index (κ1) is 22.4. The second-order valence-corrected chi connectivity index (χ2v) is 6.05. The molecule has 0 aliphatic carbocycles. The van der Waals surface area contributed by atoms with Crippen molar-refractivity contribution in [3.05, 3.63) is 42.5 Å². The SMILES string of the molecule is C=CCOC(C)C(=O)OCC(=O)N(CCC)CC(=O)Nc1ccccc1C. The van der Waals surface area contributed by atoms with Gasteiger partial charge in [-0.15, -0.1) is 6.58 Å². The first-order valence-electron chi connectivity index (χ1n) is 8.91. The van der Waals surface area contributed by atoms with Crippen LogP contribution in [0.5, 0.6) is 0 Å². The number of nitrogens with zero attached hydrogens (tertiary/aromatic N) is 1. The van der Waals surface area contributed by atoms with Gasteiger partial charge in [0.25, 0.3) is 5.91 Å². The fraction of sp³-hybridized carbons (Fsp3) is 0.450. The lowest BCUT2D eigenvalue weighted by molar-refractivity contribution is -0.160. The number of benzene rings is 1. The van der Waals surface area contributed by atoms with Crippen molar-refractivity contribution >= 4 is 23.5 Å². The Balaban J connectivity index is 2.57. The van der Waals surface area contributed by atoms with Gasteiger partial charge in [0.1, 0.15) is 0 Å². The van der Waals surface area contributed by atoms with Crippen LogP contribution in [0, 0.1) is 6.92 Å². The average molecular weight is 376 g/mol. The molecule has 1 aromatic rings. The minimum absolute atomic E-state index is 0.110. The third-order valence-corrected chi connectivity index (χ3v) is 3.73. The van der Waals surface area contributed by atoms with E-state index in [2.05, 4.69) is 11.9 Å².